The molecule has 1 saturated carbocycles. The molecular formula is C12H20O2. The third-order valence-electron chi connectivity index (χ3n) is 4.22. The smallest absolute Gasteiger partial charge is 0.0760 e. The number of hydrogen-bond donors (Lipinski definition) is 2. The second-order valence-corrected chi connectivity index (χ2v) is 5.01. The van der Waals surface area contributed by atoms with Gasteiger partial charge in [0.25, 0.3) is 0 Å². The van der Waals surface area contributed by atoms with Gasteiger partial charge in [-0.25, -0.2) is 0 Å². The molecule has 0 amide bonds. The first-order chi connectivity index (χ1) is 6.55. The summed E-state index contributed by atoms with van der Waals surface area (Å²) in [4.78, 5) is 0. The zero-order valence-electron chi connectivity index (χ0n) is 8.98. The number of aliphatic hydroxyl groups excluding tert-OH is 1. The van der Waals surface area contributed by atoms with Crippen molar-refractivity contribution in [3.63, 3.8) is 0 Å². The van der Waals surface area contributed by atoms with E-state index in [1.165, 1.54) is 0 Å². The lowest BCUT2D eigenvalue weighted by Crippen LogP contribution is -2.45. The van der Waals surface area contributed by atoms with Crippen molar-refractivity contribution < 1.29 is 10.2 Å². The van der Waals surface area contributed by atoms with Crippen LogP contribution in [0.1, 0.15) is 33.1 Å². The second kappa shape index (κ2) is 3.35. The van der Waals surface area contributed by atoms with Gasteiger partial charge in [0.05, 0.1) is 11.7 Å². The lowest BCUT2D eigenvalue weighted by Gasteiger charge is -2.36. The van der Waals surface area contributed by atoms with Gasteiger partial charge < -0.3 is 10.2 Å². The Morgan fingerprint density at radius 2 is 2.00 bits per heavy atom. The van der Waals surface area contributed by atoms with Gasteiger partial charge in [0.15, 0.2) is 0 Å². The highest BCUT2D eigenvalue weighted by molar-refractivity contribution is 5.12. The highest BCUT2D eigenvalue weighted by Crippen LogP contribution is 2.45. The Balaban J connectivity index is 2.32. The molecule has 2 N–H and O–H groups in total. The van der Waals surface area contributed by atoms with Gasteiger partial charge in [0, 0.05) is 17.8 Å². The lowest BCUT2D eigenvalue weighted by molar-refractivity contribution is -0.0820. The SMILES string of the molecule is C[C@H]1C=C[C@@H]2CCC[C@@]2(O)[C@@H](C)[C@H]1O. The van der Waals surface area contributed by atoms with Crippen molar-refractivity contribution in [2.75, 3.05) is 0 Å². The minimum absolute atomic E-state index is 0.0139. The predicted molar refractivity (Wildman–Crippen MR) is 55.8 cm³/mol. The zero-order valence-corrected chi connectivity index (χ0v) is 8.98. The van der Waals surface area contributed by atoms with Crippen LogP contribution in [0.25, 0.3) is 0 Å². The van der Waals surface area contributed by atoms with E-state index in [0.717, 1.165) is 19.3 Å². The third kappa shape index (κ3) is 1.32. The van der Waals surface area contributed by atoms with Crippen molar-refractivity contribution >= 4 is 0 Å². The van der Waals surface area contributed by atoms with Gasteiger partial charge in [-0.05, 0) is 19.3 Å². The zero-order chi connectivity index (χ0) is 10.3. The van der Waals surface area contributed by atoms with Crippen LogP contribution in [0.2, 0.25) is 0 Å². The molecule has 2 heteroatoms. The number of rotatable bonds is 0. The number of hydrogen-bond acceptors (Lipinski definition) is 2. The molecule has 2 rings (SSSR count). The normalized spacial score (nSPS) is 52.9. The highest BCUT2D eigenvalue weighted by atomic mass is 16.3. The second-order valence-electron chi connectivity index (χ2n) is 5.01. The van der Waals surface area contributed by atoms with Crippen LogP contribution in [0.3, 0.4) is 0 Å². The summed E-state index contributed by atoms with van der Waals surface area (Å²) in [6.07, 6.45) is 6.76. The molecule has 80 valence electrons. The fourth-order valence-corrected chi connectivity index (χ4v) is 3.04. The van der Waals surface area contributed by atoms with Gasteiger partial charge in [-0.3, -0.25) is 0 Å². The van der Waals surface area contributed by atoms with Gasteiger partial charge in [0.1, 0.15) is 0 Å². The largest absolute Gasteiger partial charge is 0.392 e. The molecule has 0 aromatic rings. The van der Waals surface area contributed by atoms with E-state index in [1.807, 2.05) is 13.8 Å². The van der Waals surface area contributed by atoms with Crippen molar-refractivity contribution in [3.8, 4) is 0 Å². The Hall–Kier alpha value is -0.340. The van der Waals surface area contributed by atoms with Gasteiger partial charge >= 0.3 is 0 Å². The molecule has 0 aromatic heterocycles. The predicted octanol–water partition coefficient (Wildman–Crippen LogP) is 1.72. The van der Waals surface area contributed by atoms with Crippen LogP contribution >= 0.6 is 0 Å². The lowest BCUT2D eigenvalue weighted by atomic mass is 9.77. The van der Waals surface area contributed by atoms with Crippen molar-refractivity contribution in [1.29, 1.82) is 0 Å². The van der Waals surface area contributed by atoms with E-state index in [2.05, 4.69) is 12.2 Å². The summed E-state index contributed by atoms with van der Waals surface area (Å²) in [6, 6.07) is 0. The minimum atomic E-state index is -0.652. The maximum atomic E-state index is 10.5. The first kappa shape index (κ1) is 10.2. The molecule has 0 aromatic carbocycles. The molecule has 0 saturated heterocycles. The Kier molecular flexibility index (Phi) is 2.44. The Morgan fingerprint density at radius 1 is 1.29 bits per heavy atom. The molecule has 0 unspecified atom stereocenters. The topological polar surface area (TPSA) is 40.5 Å². The van der Waals surface area contributed by atoms with E-state index in [-0.39, 0.29) is 17.8 Å². The van der Waals surface area contributed by atoms with Crippen LogP contribution in [-0.4, -0.2) is 21.9 Å². The van der Waals surface area contributed by atoms with Crippen LogP contribution < -0.4 is 0 Å². The molecule has 2 aliphatic rings. The number of aliphatic hydroxyl groups is 2. The van der Waals surface area contributed by atoms with E-state index < -0.39 is 11.7 Å². The average Bonchev–Trinajstić information content (AvgIpc) is 2.52. The van der Waals surface area contributed by atoms with Gasteiger partial charge in [-0.1, -0.05) is 26.0 Å². The van der Waals surface area contributed by atoms with Crippen LogP contribution in [0.4, 0.5) is 0 Å². The van der Waals surface area contributed by atoms with E-state index in [4.69, 9.17) is 0 Å². The molecule has 14 heavy (non-hydrogen) atoms. The molecule has 0 aliphatic heterocycles. The maximum absolute atomic E-state index is 10.5. The van der Waals surface area contributed by atoms with Crippen LogP contribution in [0.15, 0.2) is 12.2 Å². The minimum Gasteiger partial charge on any atom is -0.392 e. The summed E-state index contributed by atoms with van der Waals surface area (Å²) in [5.41, 5.74) is -0.652. The van der Waals surface area contributed by atoms with Gasteiger partial charge in [-0.2, -0.15) is 0 Å². The Morgan fingerprint density at radius 3 is 2.71 bits per heavy atom. The molecule has 0 bridgehead atoms. The summed E-state index contributed by atoms with van der Waals surface area (Å²) in [5, 5.41) is 20.6. The molecule has 5 atom stereocenters. The fraction of sp³-hybridized carbons (Fsp3) is 0.833. The van der Waals surface area contributed by atoms with Gasteiger partial charge in [-0.15, -0.1) is 0 Å². The first-order valence-corrected chi connectivity index (χ1v) is 5.64. The van der Waals surface area contributed by atoms with E-state index in [1.54, 1.807) is 0 Å². The van der Waals surface area contributed by atoms with Gasteiger partial charge in [0.2, 0.25) is 0 Å². The summed E-state index contributed by atoms with van der Waals surface area (Å²) >= 11 is 0. The fourth-order valence-electron chi connectivity index (χ4n) is 3.04. The van der Waals surface area contributed by atoms with Crippen molar-refractivity contribution in [2.24, 2.45) is 17.8 Å². The summed E-state index contributed by atoms with van der Waals surface area (Å²) in [6.45, 7) is 3.99. The maximum Gasteiger partial charge on any atom is 0.0760 e. The van der Waals surface area contributed by atoms with E-state index >= 15 is 0 Å². The summed E-state index contributed by atoms with van der Waals surface area (Å²) in [5.74, 6) is 0.414. The quantitative estimate of drug-likeness (QED) is 0.579. The molecule has 2 nitrogen and oxygen atoms in total. The van der Waals surface area contributed by atoms with E-state index in [0.29, 0.717) is 0 Å². The molecule has 2 aliphatic carbocycles. The van der Waals surface area contributed by atoms with Crippen LogP contribution in [-0.2, 0) is 0 Å². The van der Waals surface area contributed by atoms with Crippen LogP contribution in [0, 0.1) is 17.8 Å². The number of fused-ring (bicyclic) bond motifs is 1. The highest BCUT2D eigenvalue weighted by Gasteiger charge is 2.48. The summed E-state index contributed by atoms with van der Waals surface area (Å²) < 4.78 is 0. The molecule has 0 radical (unpaired) electrons. The van der Waals surface area contributed by atoms with Crippen molar-refractivity contribution in [3.05, 3.63) is 12.2 Å². The standard InChI is InChI=1S/C12H20O2/c1-8-5-6-10-4-3-7-12(10,14)9(2)11(8)13/h5-6,8-11,13-14H,3-4,7H2,1-2H3/t8-,9-,10-,11-,12+/m0/s1. The Labute approximate surface area is 85.6 Å². The average molecular weight is 196 g/mol. The molecule has 0 heterocycles. The molecular weight excluding hydrogens is 176 g/mol. The third-order valence-corrected chi connectivity index (χ3v) is 4.22. The first-order valence-electron chi connectivity index (χ1n) is 5.64. The Bertz CT molecular complexity index is 249. The monoisotopic (exact) mass is 196 g/mol. The van der Waals surface area contributed by atoms with Crippen molar-refractivity contribution in [2.45, 2.75) is 44.8 Å². The summed E-state index contributed by atoms with van der Waals surface area (Å²) in [7, 11) is 0. The molecule has 0 spiro atoms. The molecule has 1 fully saturated rings. The van der Waals surface area contributed by atoms with E-state index in [9.17, 15) is 10.2 Å². The van der Waals surface area contributed by atoms with Crippen molar-refractivity contribution in [1.82, 2.24) is 0 Å². The van der Waals surface area contributed by atoms with Crippen LogP contribution in [0.5, 0.6) is 0 Å².